The van der Waals surface area contributed by atoms with Gasteiger partial charge in [-0.1, -0.05) is 12.1 Å². The Kier molecular flexibility index (Phi) is 7.32. The van der Waals surface area contributed by atoms with E-state index in [0.29, 0.717) is 31.3 Å². The minimum atomic E-state index is -1.08. The highest BCUT2D eigenvalue weighted by molar-refractivity contribution is 5.39. The molecule has 0 atom stereocenters. The molecule has 0 saturated heterocycles. The summed E-state index contributed by atoms with van der Waals surface area (Å²) in [6, 6.07) is 7.35. The van der Waals surface area contributed by atoms with Crippen LogP contribution in [0.3, 0.4) is 0 Å². The highest BCUT2D eigenvalue weighted by Crippen LogP contribution is 2.26. The normalized spacial score (nSPS) is 11.4. The first-order chi connectivity index (χ1) is 9.71. The molecular formula is C14H23NO5. The first-order valence-electron chi connectivity index (χ1n) is 6.63. The van der Waals surface area contributed by atoms with E-state index < -0.39 is 5.54 Å². The van der Waals surface area contributed by atoms with Crippen LogP contribution < -0.4 is 14.8 Å². The molecule has 6 nitrogen and oxygen atoms in total. The van der Waals surface area contributed by atoms with Crippen molar-refractivity contribution >= 4 is 0 Å². The highest BCUT2D eigenvalue weighted by Gasteiger charge is 2.26. The second kappa shape index (κ2) is 8.76. The predicted octanol–water partition coefficient (Wildman–Crippen LogP) is -0.231. The fraction of sp³-hybridized carbons (Fsp3) is 0.571. The van der Waals surface area contributed by atoms with Crippen LogP contribution in [0, 0.1) is 0 Å². The fourth-order valence-electron chi connectivity index (χ4n) is 1.64. The molecule has 0 bridgehead atoms. The van der Waals surface area contributed by atoms with Crippen molar-refractivity contribution in [2.45, 2.75) is 12.5 Å². The number of hydrogen-bond acceptors (Lipinski definition) is 6. The van der Waals surface area contributed by atoms with Crippen LogP contribution in [0.5, 0.6) is 11.5 Å². The molecule has 0 unspecified atom stereocenters. The number of aliphatic hydroxyl groups excluding tert-OH is 3. The van der Waals surface area contributed by atoms with Crippen LogP contribution in [0.25, 0.3) is 0 Å². The van der Waals surface area contributed by atoms with Crippen LogP contribution in [-0.2, 0) is 0 Å². The molecule has 0 amide bonds. The predicted molar refractivity (Wildman–Crippen MR) is 75.1 cm³/mol. The van der Waals surface area contributed by atoms with Gasteiger partial charge < -0.3 is 30.1 Å². The molecule has 0 aliphatic rings. The molecule has 114 valence electrons. The third-order valence-corrected chi connectivity index (χ3v) is 2.92. The van der Waals surface area contributed by atoms with Crippen LogP contribution in [-0.4, -0.2) is 60.4 Å². The fourth-order valence-corrected chi connectivity index (χ4v) is 1.64. The molecule has 0 saturated carbocycles. The van der Waals surface area contributed by atoms with Gasteiger partial charge in [0, 0.05) is 6.54 Å². The van der Waals surface area contributed by atoms with Gasteiger partial charge in [-0.05, 0) is 19.1 Å². The van der Waals surface area contributed by atoms with Gasteiger partial charge in [-0.3, -0.25) is 0 Å². The van der Waals surface area contributed by atoms with Crippen LogP contribution in [0.4, 0.5) is 0 Å². The standard InChI is InChI=1S/C14H23NO5/c1-2-19-12-5-3-4-6-13(12)20-8-7-15-14(9-16,10-17)11-18/h3-6,15-18H,2,7-11H2,1H3. The maximum Gasteiger partial charge on any atom is 0.161 e. The van der Waals surface area contributed by atoms with E-state index >= 15 is 0 Å². The van der Waals surface area contributed by atoms with E-state index in [-0.39, 0.29) is 19.8 Å². The van der Waals surface area contributed by atoms with Crippen molar-refractivity contribution in [1.82, 2.24) is 5.32 Å². The molecule has 1 aromatic carbocycles. The van der Waals surface area contributed by atoms with Crippen LogP contribution in [0.1, 0.15) is 6.92 Å². The van der Waals surface area contributed by atoms with Crippen molar-refractivity contribution < 1.29 is 24.8 Å². The van der Waals surface area contributed by atoms with Crippen molar-refractivity contribution in [1.29, 1.82) is 0 Å². The molecule has 0 fully saturated rings. The van der Waals surface area contributed by atoms with Crippen molar-refractivity contribution in [2.75, 3.05) is 39.6 Å². The maximum atomic E-state index is 9.16. The van der Waals surface area contributed by atoms with E-state index in [1.807, 2.05) is 31.2 Å². The molecular weight excluding hydrogens is 262 g/mol. The lowest BCUT2D eigenvalue weighted by Gasteiger charge is -2.28. The topological polar surface area (TPSA) is 91.2 Å². The second-order valence-electron chi connectivity index (χ2n) is 4.41. The van der Waals surface area contributed by atoms with Gasteiger partial charge in [0.2, 0.25) is 0 Å². The van der Waals surface area contributed by atoms with Gasteiger partial charge in [0.15, 0.2) is 11.5 Å². The molecule has 20 heavy (non-hydrogen) atoms. The molecule has 0 heterocycles. The quantitative estimate of drug-likeness (QED) is 0.444. The number of benzene rings is 1. The van der Waals surface area contributed by atoms with E-state index in [0.717, 1.165) is 0 Å². The Hall–Kier alpha value is -1.34. The lowest BCUT2D eigenvalue weighted by atomic mass is 10.0. The van der Waals surface area contributed by atoms with Crippen LogP contribution >= 0.6 is 0 Å². The van der Waals surface area contributed by atoms with Crippen molar-refractivity contribution in [3.63, 3.8) is 0 Å². The van der Waals surface area contributed by atoms with Crippen molar-refractivity contribution in [3.05, 3.63) is 24.3 Å². The minimum absolute atomic E-state index is 0.325. The largest absolute Gasteiger partial charge is 0.490 e. The Morgan fingerprint density at radius 3 is 2.05 bits per heavy atom. The number of para-hydroxylation sites is 2. The lowest BCUT2D eigenvalue weighted by Crippen LogP contribution is -2.55. The van der Waals surface area contributed by atoms with Gasteiger partial charge in [-0.25, -0.2) is 0 Å². The number of aliphatic hydroxyl groups is 3. The van der Waals surface area contributed by atoms with Gasteiger partial charge in [-0.2, -0.15) is 0 Å². The van der Waals surface area contributed by atoms with Gasteiger partial charge in [0.25, 0.3) is 0 Å². The van der Waals surface area contributed by atoms with Crippen LogP contribution in [0.15, 0.2) is 24.3 Å². The Morgan fingerprint density at radius 1 is 1.00 bits per heavy atom. The van der Waals surface area contributed by atoms with Gasteiger partial charge >= 0.3 is 0 Å². The van der Waals surface area contributed by atoms with E-state index in [4.69, 9.17) is 24.8 Å². The third kappa shape index (κ3) is 4.64. The summed E-state index contributed by atoms with van der Waals surface area (Å²) in [5.74, 6) is 1.31. The minimum Gasteiger partial charge on any atom is -0.490 e. The Morgan fingerprint density at radius 2 is 1.55 bits per heavy atom. The van der Waals surface area contributed by atoms with Gasteiger partial charge in [0.1, 0.15) is 6.61 Å². The molecule has 0 radical (unpaired) electrons. The summed E-state index contributed by atoms with van der Waals surface area (Å²) in [5, 5.41) is 30.4. The molecule has 1 aromatic rings. The zero-order valence-electron chi connectivity index (χ0n) is 11.7. The maximum absolute atomic E-state index is 9.16. The molecule has 0 spiro atoms. The Balaban J connectivity index is 2.45. The number of nitrogens with one attached hydrogen (secondary N) is 1. The van der Waals surface area contributed by atoms with E-state index in [2.05, 4.69) is 5.32 Å². The van der Waals surface area contributed by atoms with E-state index in [1.165, 1.54) is 0 Å². The molecule has 1 rings (SSSR count). The van der Waals surface area contributed by atoms with Gasteiger partial charge in [0.05, 0.1) is 32.0 Å². The zero-order valence-corrected chi connectivity index (χ0v) is 11.7. The molecule has 6 heteroatoms. The van der Waals surface area contributed by atoms with Crippen molar-refractivity contribution in [2.24, 2.45) is 0 Å². The number of hydrogen-bond donors (Lipinski definition) is 4. The smallest absolute Gasteiger partial charge is 0.161 e. The monoisotopic (exact) mass is 285 g/mol. The van der Waals surface area contributed by atoms with Crippen LogP contribution in [0.2, 0.25) is 0 Å². The summed E-state index contributed by atoms with van der Waals surface area (Å²) in [5.41, 5.74) is -1.08. The van der Waals surface area contributed by atoms with E-state index in [1.54, 1.807) is 0 Å². The first kappa shape index (κ1) is 16.7. The second-order valence-corrected chi connectivity index (χ2v) is 4.41. The number of ether oxygens (including phenoxy) is 2. The molecule has 4 N–H and O–H groups in total. The van der Waals surface area contributed by atoms with E-state index in [9.17, 15) is 0 Å². The highest BCUT2D eigenvalue weighted by atomic mass is 16.5. The summed E-state index contributed by atoms with van der Waals surface area (Å²) in [6.07, 6.45) is 0. The SMILES string of the molecule is CCOc1ccccc1OCCNC(CO)(CO)CO. The molecule has 0 aliphatic heterocycles. The zero-order chi connectivity index (χ0) is 14.8. The molecule has 0 aliphatic carbocycles. The Labute approximate surface area is 119 Å². The summed E-state index contributed by atoms with van der Waals surface area (Å²) in [6.45, 7) is 2.10. The number of rotatable bonds is 10. The summed E-state index contributed by atoms with van der Waals surface area (Å²) < 4.78 is 11.0. The summed E-state index contributed by atoms with van der Waals surface area (Å²) in [4.78, 5) is 0. The molecule has 0 aromatic heterocycles. The first-order valence-corrected chi connectivity index (χ1v) is 6.63. The average Bonchev–Trinajstić information content (AvgIpc) is 2.50. The summed E-state index contributed by atoms with van der Waals surface area (Å²) in [7, 11) is 0. The summed E-state index contributed by atoms with van der Waals surface area (Å²) >= 11 is 0. The average molecular weight is 285 g/mol. The lowest BCUT2D eigenvalue weighted by molar-refractivity contribution is 0.0404. The van der Waals surface area contributed by atoms with Gasteiger partial charge in [-0.15, -0.1) is 0 Å². The Bertz CT molecular complexity index is 373. The van der Waals surface area contributed by atoms with Crippen molar-refractivity contribution in [3.8, 4) is 11.5 Å². The third-order valence-electron chi connectivity index (χ3n) is 2.92.